The molecular formula is C19H27NS. The molecule has 0 aliphatic carbocycles. The summed E-state index contributed by atoms with van der Waals surface area (Å²) in [4.78, 5) is 0. The van der Waals surface area contributed by atoms with Crippen LogP contribution in [0.15, 0.2) is 47.2 Å². The van der Waals surface area contributed by atoms with Crippen LogP contribution in [0.1, 0.15) is 31.4 Å². The molecule has 1 heterocycles. The molecule has 0 aliphatic rings. The first-order valence-electron chi connectivity index (χ1n) is 7.99. The lowest BCUT2D eigenvalue weighted by molar-refractivity contribution is 0.425. The topological polar surface area (TPSA) is 12.0 Å². The van der Waals surface area contributed by atoms with Gasteiger partial charge in [-0.05, 0) is 72.1 Å². The molecule has 0 saturated carbocycles. The van der Waals surface area contributed by atoms with Gasteiger partial charge in [-0.1, -0.05) is 44.2 Å². The molecule has 0 spiro atoms. The Morgan fingerprint density at radius 1 is 1.00 bits per heavy atom. The molecule has 1 N–H and O–H groups in total. The van der Waals surface area contributed by atoms with Gasteiger partial charge >= 0.3 is 0 Å². The highest BCUT2D eigenvalue weighted by atomic mass is 32.1. The maximum atomic E-state index is 3.64. The minimum atomic E-state index is 0.714. The molecule has 1 aromatic heterocycles. The number of hydrogen-bond acceptors (Lipinski definition) is 2. The van der Waals surface area contributed by atoms with Crippen LogP contribution in [0.5, 0.6) is 0 Å². The molecule has 1 atom stereocenters. The van der Waals surface area contributed by atoms with Crippen molar-refractivity contribution in [1.29, 1.82) is 0 Å². The highest BCUT2D eigenvalue weighted by molar-refractivity contribution is 7.07. The summed E-state index contributed by atoms with van der Waals surface area (Å²) in [5.74, 6) is 1.44. The molecule has 0 bridgehead atoms. The fourth-order valence-electron chi connectivity index (χ4n) is 2.61. The number of thiophene rings is 1. The third kappa shape index (κ3) is 6.45. The summed E-state index contributed by atoms with van der Waals surface area (Å²) in [6.45, 7) is 6.77. The van der Waals surface area contributed by atoms with E-state index in [1.807, 2.05) is 0 Å². The fraction of sp³-hybridized carbons (Fsp3) is 0.474. The molecule has 21 heavy (non-hydrogen) atoms. The van der Waals surface area contributed by atoms with Gasteiger partial charge in [0, 0.05) is 0 Å². The first kappa shape index (κ1) is 16.3. The van der Waals surface area contributed by atoms with Crippen LogP contribution < -0.4 is 5.32 Å². The fourth-order valence-corrected chi connectivity index (χ4v) is 3.31. The Bertz CT molecular complexity index is 476. The minimum Gasteiger partial charge on any atom is -0.316 e. The standard InChI is InChI=1S/C19H27NS/c1-16(2)13-20-14-19(9-8-18-10-11-21-15-18)12-17-6-4-3-5-7-17/h3-7,10-11,15-16,19-20H,8-9,12-14H2,1-2H3. The average Bonchev–Trinajstić information content (AvgIpc) is 2.98. The van der Waals surface area contributed by atoms with Gasteiger partial charge in [-0.15, -0.1) is 0 Å². The second-order valence-corrected chi connectivity index (χ2v) is 7.06. The Balaban J connectivity index is 1.86. The third-order valence-corrected chi connectivity index (χ3v) is 4.51. The van der Waals surface area contributed by atoms with Gasteiger partial charge in [0.2, 0.25) is 0 Å². The smallest absolute Gasteiger partial charge is 0.00171 e. The molecule has 1 nitrogen and oxygen atoms in total. The zero-order chi connectivity index (χ0) is 14.9. The summed E-state index contributed by atoms with van der Waals surface area (Å²) in [5.41, 5.74) is 2.95. The lowest BCUT2D eigenvalue weighted by Gasteiger charge is -2.18. The van der Waals surface area contributed by atoms with E-state index < -0.39 is 0 Å². The van der Waals surface area contributed by atoms with Gasteiger partial charge in [-0.25, -0.2) is 0 Å². The Morgan fingerprint density at radius 3 is 2.48 bits per heavy atom. The highest BCUT2D eigenvalue weighted by Gasteiger charge is 2.10. The van der Waals surface area contributed by atoms with E-state index in [1.165, 1.54) is 30.4 Å². The van der Waals surface area contributed by atoms with Gasteiger partial charge in [0.25, 0.3) is 0 Å². The monoisotopic (exact) mass is 301 g/mol. The number of benzene rings is 1. The van der Waals surface area contributed by atoms with E-state index in [0.717, 1.165) is 19.0 Å². The maximum Gasteiger partial charge on any atom is -0.00171 e. The summed E-state index contributed by atoms with van der Waals surface area (Å²) in [7, 11) is 0. The van der Waals surface area contributed by atoms with Crippen molar-refractivity contribution in [3.63, 3.8) is 0 Å². The van der Waals surface area contributed by atoms with Crippen molar-refractivity contribution in [3.05, 3.63) is 58.3 Å². The summed E-state index contributed by atoms with van der Waals surface area (Å²) >= 11 is 1.80. The van der Waals surface area contributed by atoms with Crippen molar-refractivity contribution in [2.75, 3.05) is 13.1 Å². The molecule has 0 saturated heterocycles. The Labute approximate surface area is 133 Å². The molecule has 2 heteroatoms. The van der Waals surface area contributed by atoms with Crippen molar-refractivity contribution in [3.8, 4) is 0 Å². The van der Waals surface area contributed by atoms with Gasteiger partial charge in [0.15, 0.2) is 0 Å². The zero-order valence-corrected chi connectivity index (χ0v) is 14.0. The third-order valence-electron chi connectivity index (χ3n) is 3.77. The first-order chi connectivity index (χ1) is 10.2. The van der Waals surface area contributed by atoms with Gasteiger partial charge in [0.1, 0.15) is 0 Å². The molecule has 0 aliphatic heterocycles. The van der Waals surface area contributed by atoms with Gasteiger partial charge < -0.3 is 5.32 Å². The van der Waals surface area contributed by atoms with E-state index in [4.69, 9.17) is 0 Å². The summed E-state index contributed by atoms with van der Waals surface area (Å²) in [6.07, 6.45) is 3.64. The molecule has 1 unspecified atom stereocenters. The molecule has 0 fully saturated rings. The second-order valence-electron chi connectivity index (χ2n) is 6.28. The lowest BCUT2D eigenvalue weighted by atomic mass is 9.93. The van der Waals surface area contributed by atoms with Crippen molar-refractivity contribution in [2.24, 2.45) is 11.8 Å². The predicted octanol–water partition coefficient (Wildman–Crippen LogP) is 4.79. The normalized spacial score (nSPS) is 12.7. The molecule has 2 aromatic rings. The number of rotatable bonds is 9. The van der Waals surface area contributed by atoms with Crippen molar-refractivity contribution >= 4 is 11.3 Å². The van der Waals surface area contributed by atoms with E-state index >= 15 is 0 Å². The van der Waals surface area contributed by atoms with Crippen LogP contribution in [0.3, 0.4) is 0 Å². The van der Waals surface area contributed by atoms with E-state index in [1.54, 1.807) is 11.3 Å². The number of aryl methyl sites for hydroxylation is 1. The summed E-state index contributed by atoms with van der Waals surface area (Å²) in [6, 6.07) is 13.1. The van der Waals surface area contributed by atoms with Gasteiger partial charge in [-0.2, -0.15) is 11.3 Å². The summed E-state index contributed by atoms with van der Waals surface area (Å²) in [5, 5.41) is 8.10. The van der Waals surface area contributed by atoms with Crippen LogP contribution in [0, 0.1) is 11.8 Å². The number of hydrogen-bond donors (Lipinski definition) is 1. The van der Waals surface area contributed by atoms with Crippen LogP contribution in [-0.2, 0) is 12.8 Å². The Morgan fingerprint density at radius 2 is 1.81 bits per heavy atom. The largest absolute Gasteiger partial charge is 0.316 e. The van der Waals surface area contributed by atoms with Crippen LogP contribution in [0.4, 0.5) is 0 Å². The van der Waals surface area contributed by atoms with Crippen LogP contribution in [-0.4, -0.2) is 13.1 Å². The maximum absolute atomic E-state index is 3.64. The van der Waals surface area contributed by atoms with Crippen molar-refractivity contribution in [1.82, 2.24) is 5.32 Å². The van der Waals surface area contributed by atoms with E-state index in [-0.39, 0.29) is 0 Å². The predicted molar refractivity (Wildman–Crippen MR) is 94.0 cm³/mol. The molecule has 2 rings (SSSR count). The SMILES string of the molecule is CC(C)CNCC(CCc1ccsc1)Cc1ccccc1. The Hall–Kier alpha value is -1.12. The van der Waals surface area contributed by atoms with Crippen LogP contribution in [0.25, 0.3) is 0 Å². The molecule has 114 valence electrons. The van der Waals surface area contributed by atoms with E-state index in [2.05, 4.69) is 66.3 Å². The molecule has 0 amide bonds. The van der Waals surface area contributed by atoms with E-state index in [0.29, 0.717) is 5.92 Å². The molecular weight excluding hydrogens is 274 g/mol. The first-order valence-corrected chi connectivity index (χ1v) is 8.94. The second kappa shape index (κ2) is 9.01. The molecule has 1 aromatic carbocycles. The zero-order valence-electron chi connectivity index (χ0n) is 13.2. The lowest BCUT2D eigenvalue weighted by Crippen LogP contribution is -2.28. The van der Waals surface area contributed by atoms with E-state index in [9.17, 15) is 0 Å². The highest BCUT2D eigenvalue weighted by Crippen LogP contribution is 2.17. The van der Waals surface area contributed by atoms with Gasteiger partial charge in [-0.3, -0.25) is 0 Å². The minimum absolute atomic E-state index is 0.714. The average molecular weight is 301 g/mol. The van der Waals surface area contributed by atoms with Gasteiger partial charge in [0.05, 0.1) is 0 Å². The van der Waals surface area contributed by atoms with Crippen LogP contribution >= 0.6 is 11.3 Å². The summed E-state index contributed by atoms with van der Waals surface area (Å²) < 4.78 is 0. The van der Waals surface area contributed by atoms with Crippen molar-refractivity contribution < 1.29 is 0 Å². The van der Waals surface area contributed by atoms with Crippen molar-refractivity contribution in [2.45, 2.75) is 33.1 Å². The quantitative estimate of drug-likeness (QED) is 0.702. The Kier molecular flexibility index (Phi) is 6.98. The molecule has 0 radical (unpaired) electrons. The number of nitrogens with one attached hydrogen (secondary N) is 1. The van der Waals surface area contributed by atoms with Crippen LogP contribution in [0.2, 0.25) is 0 Å².